The fourth-order valence-corrected chi connectivity index (χ4v) is 1.71. The van der Waals surface area contributed by atoms with Gasteiger partial charge in [0.2, 0.25) is 5.91 Å². The molecule has 5 heteroatoms. The van der Waals surface area contributed by atoms with Gasteiger partial charge < -0.3 is 15.1 Å². The second-order valence-corrected chi connectivity index (χ2v) is 5.02. The Morgan fingerprint density at radius 1 is 1.32 bits per heavy atom. The van der Waals surface area contributed by atoms with Crippen LogP contribution in [0.4, 0.5) is 5.69 Å². The number of benzene rings is 1. The number of hydrogen-bond acceptors (Lipinski definition) is 3. The summed E-state index contributed by atoms with van der Waals surface area (Å²) in [5.41, 5.74) is -0.546. The molecule has 1 rings (SSSR count). The monoisotopic (exact) mass is 265 g/mol. The third-order valence-electron chi connectivity index (χ3n) is 2.93. The predicted molar refractivity (Wildman–Crippen MR) is 72.2 cm³/mol. The molecular weight excluding hydrogens is 246 g/mol. The van der Waals surface area contributed by atoms with E-state index in [0.717, 1.165) is 0 Å². The van der Waals surface area contributed by atoms with Gasteiger partial charge in [0.15, 0.2) is 0 Å². The minimum Gasteiger partial charge on any atom is -0.508 e. The van der Waals surface area contributed by atoms with Crippen LogP contribution in [0.5, 0.6) is 5.75 Å². The van der Waals surface area contributed by atoms with Gasteiger partial charge in [0, 0.05) is 24.7 Å². The Morgan fingerprint density at radius 3 is 2.42 bits per heavy atom. The van der Waals surface area contributed by atoms with Crippen molar-refractivity contribution in [1.82, 2.24) is 0 Å². The Labute approximate surface area is 112 Å². The summed E-state index contributed by atoms with van der Waals surface area (Å²) in [6.07, 6.45) is -0.0914. The van der Waals surface area contributed by atoms with E-state index in [1.54, 1.807) is 19.1 Å². The van der Waals surface area contributed by atoms with E-state index < -0.39 is 11.4 Å². The second-order valence-electron chi connectivity index (χ2n) is 5.02. The lowest BCUT2D eigenvalue weighted by Crippen LogP contribution is -2.36. The van der Waals surface area contributed by atoms with Crippen LogP contribution in [0.2, 0.25) is 0 Å². The fraction of sp³-hybridized carbons (Fsp3) is 0.429. The lowest BCUT2D eigenvalue weighted by molar-refractivity contribution is -0.149. The first-order valence-corrected chi connectivity index (χ1v) is 6.10. The average molecular weight is 265 g/mol. The van der Waals surface area contributed by atoms with E-state index in [9.17, 15) is 14.7 Å². The molecular formula is C14H19NO4. The minimum absolute atomic E-state index is 0.0706. The number of amides is 1. The van der Waals surface area contributed by atoms with Crippen LogP contribution in [0.3, 0.4) is 0 Å². The molecule has 0 aliphatic rings. The van der Waals surface area contributed by atoms with E-state index in [2.05, 4.69) is 0 Å². The highest BCUT2D eigenvalue weighted by Crippen LogP contribution is 2.25. The van der Waals surface area contributed by atoms with Crippen molar-refractivity contribution in [3.63, 3.8) is 0 Å². The van der Waals surface area contributed by atoms with E-state index in [4.69, 9.17) is 5.11 Å². The number of carbonyl (C=O) groups excluding carboxylic acids is 1. The number of phenolic OH excluding ortho intramolecular Hbond substituents is 1. The van der Waals surface area contributed by atoms with E-state index in [1.807, 2.05) is 0 Å². The van der Waals surface area contributed by atoms with Gasteiger partial charge in [0.05, 0.1) is 5.41 Å². The Kier molecular flexibility index (Phi) is 4.53. The summed E-state index contributed by atoms with van der Waals surface area (Å²) in [5, 5.41) is 18.5. The molecule has 0 unspecified atom stereocenters. The Balaban J connectivity index is 2.92. The van der Waals surface area contributed by atoms with Crippen LogP contribution in [0, 0.1) is 5.41 Å². The Hall–Kier alpha value is -2.04. The van der Waals surface area contributed by atoms with Gasteiger partial charge >= 0.3 is 5.97 Å². The number of carboxylic acids is 1. The number of rotatable bonds is 5. The van der Waals surface area contributed by atoms with E-state index >= 15 is 0 Å². The highest BCUT2D eigenvalue weighted by atomic mass is 16.4. The number of hydrogen-bond donors (Lipinski definition) is 2. The molecule has 0 radical (unpaired) electrons. The number of phenols is 1. The average Bonchev–Trinajstić information content (AvgIpc) is 2.29. The Morgan fingerprint density at radius 2 is 1.95 bits per heavy atom. The molecule has 2 N–H and O–H groups in total. The van der Waals surface area contributed by atoms with Crippen LogP contribution in [0.25, 0.3) is 0 Å². The molecule has 0 saturated carbocycles. The zero-order valence-electron chi connectivity index (χ0n) is 11.4. The van der Waals surface area contributed by atoms with E-state index in [0.29, 0.717) is 12.2 Å². The summed E-state index contributed by atoms with van der Waals surface area (Å²) in [6, 6.07) is 6.34. The highest BCUT2D eigenvalue weighted by Gasteiger charge is 2.32. The third kappa shape index (κ3) is 3.71. The number of carboxylic acid groups (broad SMARTS) is 1. The molecule has 0 spiro atoms. The first kappa shape index (κ1) is 15.0. The van der Waals surface area contributed by atoms with Crippen LogP contribution >= 0.6 is 0 Å². The van der Waals surface area contributed by atoms with Crippen molar-refractivity contribution in [2.45, 2.75) is 27.2 Å². The largest absolute Gasteiger partial charge is 0.508 e. The zero-order chi connectivity index (χ0) is 14.6. The number of aliphatic carboxylic acids is 1. The SMILES string of the molecule is CCN(C(=O)CC(C)(C)C(=O)O)c1cccc(O)c1. The van der Waals surface area contributed by atoms with Crippen molar-refractivity contribution >= 4 is 17.6 Å². The molecule has 0 fully saturated rings. The normalized spacial score (nSPS) is 11.1. The van der Waals surface area contributed by atoms with Crippen molar-refractivity contribution < 1.29 is 19.8 Å². The maximum absolute atomic E-state index is 12.2. The van der Waals surface area contributed by atoms with Crippen molar-refractivity contribution in [3.05, 3.63) is 24.3 Å². The molecule has 0 saturated heterocycles. The van der Waals surface area contributed by atoms with Gasteiger partial charge in [-0.3, -0.25) is 9.59 Å². The maximum atomic E-state index is 12.2. The second kappa shape index (κ2) is 5.73. The van der Waals surface area contributed by atoms with Gasteiger partial charge in [-0.2, -0.15) is 0 Å². The van der Waals surface area contributed by atoms with Gasteiger partial charge in [0.25, 0.3) is 0 Å². The van der Waals surface area contributed by atoms with Crippen LogP contribution in [-0.2, 0) is 9.59 Å². The topological polar surface area (TPSA) is 77.8 Å². The number of anilines is 1. The molecule has 0 atom stereocenters. The fourth-order valence-electron chi connectivity index (χ4n) is 1.71. The molecule has 0 aliphatic carbocycles. The van der Waals surface area contributed by atoms with Crippen molar-refractivity contribution in [2.24, 2.45) is 5.41 Å². The van der Waals surface area contributed by atoms with Crippen LogP contribution < -0.4 is 4.90 Å². The number of aromatic hydroxyl groups is 1. The smallest absolute Gasteiger partial charge is 0.309 e. The number of carbonyl (C=O) groups is 2. The standard InChI is InChI=1S/C14H19NO4/c1-4-15(10-6-5-7-11(16)8-10)12(17)9-14(2,3)13(18)19/h5-8,16H,4,9H2,1-3H3,(H,18,19). The Bertz CT molecular complexity index is 482. The maximum Gasteiger partial charge on any atom is 0.309 e. The van der Waals surface area contributed by atoms with Gasteiger partial charge in [0.1, 0.15) is 5.75 Å². The highest BCUT2D eigenvalue weighted by molar-refractivity contribution is 5.96. The summed E-state index contributed by atoms with van der Waals surface area (Å²) in [6.45, 7) is 5.25. The molecule has 0 aromatic heterocycles. The quantitative estimate of drug-likeness (QED) is 0.856. The summed E-state index contributed by atoms with van der Waals surface area (Å²) in [5.74, 6) is -1.21. The third-order valence-corrected chi connectivity index (χ3v) is 2.93. The molecule has 5 nitrogen and oxygen atoms in total. The lowest BCUT2D eigenvalue weighted by Gasteiger charge is -2.25. The molecule has 0 bridgehead atoms. The summed E-state index contributed by atoms with van der Waals surface area (Å²) < 4.78 is 0. The van der Waals surface area contributed by atoms with Gasteiger partial charge in [-0.15, -0.1) is 0 Å². The summed E-state index contributed by atoms with van der Waals surface area (Å²) >= 11 is 0. The molecule has 1 aromatic carbocycles. The first-order valence-electron chi connectivity index (χ1n) is 6.10. The van der Waals surface area contributed by atoms with Crippen molar-refractivity contribution in [2.75, 3.05) is 11.4 Å². The lowest BCUT2D eigenvalue weighted by atomic mass is 9.89. The van der Waals surface area contributed by atoms with Crippen molar-refractivity contribution in [3.8, 4) is 5.75 Å². The molecule has 1 amide bonds. The van der Waals surface area contributed by atoms with Gasteiger partial charge in [-0.05, 0) is 32.9 Å². The molecule has 104 valence electrons. The molecule has 0 aliphatic heterocycles. The molecule has 19 heavy (non-hydrogen) atoms. The minimum atomic E-state index is -1.11. The first-order chi connectivity index (χ1) is 8.77. The van der Waals surface area contributed by atoms with Gasteiger partial charge in [-0.1, -0.05) is 6.07 Å². The molecule has 1 aromatic rings. The predicted octanol–water partition coefficient (Wildman–Crippen LogP) is 2.25. The van der Waals surface area contributed by atoms with Gasteiger partial charge in [-0.25, -0.2) is 0 Å². The van der Waals surface area contributed by atoms with E-state index in [-0.39, 0.29) is 18.1 Å². The number of nitrogens with zero attached hydrogens (tertiary/aromatic N) is 1. The van der Waals surface area contributed by atoms with Crippen LogP contribution in [-0.4, -0.2) is 28.6 Å². The van der Waals surface area contributed by atoms with Crippen LogP contribution in [0.15, 0.2) is 24.3 Å². The summed E-state index contributed by atoms with van der Waals surface area (Å²) in [7, 11) is 0. The van der Waals surface area contributed by atoms with Crippen molar-refractivity contribution in [1.29, 1.82) is 0 Å². The molecule has 0 heterocycles. The van der Waals surface area contributed by atoms with E-state index in [1.165, 1.54) is 30.9 Å². The zero-order valence-corrected chi connectivity index (χ0v) is 11.4. The van der Waals surface area contributed by atoms with Crippen LogP contribution in [0.1, 0.15) is 27.2 Å². The summed E-state index contributed by atoms with van der Waals surface area (Å²) in [4.78, 5) is 24.7.